The molecule has 7 heteroatoms. The molecule has 150 valence electrons. The van der Waals surface area contributed by atoms with E-state index < -0.39 is 0 Å². The zero-order chi connectivity index (χ0) is 20.1. The van der Waals surface area contributed by atoms with Crippen molar-refractivity contribution < 1.29 is 18.8 Å². The number of morpholine rings is 1. The molecule has 7 nitrogen and oxygen atoms in total. The van der Waals surface area contributed by atoms with E-state index >= 15 is 0 Å². The van der Waals surface area contributed by atoms with Crippen molar-refractivity contribution in [2.24, 2.45) is 0 Å². The van der Waals surface area contributed by atoms with Gasteiger partial charge in [-0.1, -0.05) is 35.5 Å². The highest BCUT2D eigenvalue weighted by Crippen LogP contribution is 2.32. The number of rotatable bonds is 6. The third kappa shape index (κ3) is 4.64. The zero-order valence-corrected chi connectivity index (χ0v) is 16.3. The lowest BCUT2D eigenvalue weighted by Gasteiger charge is -2.26. The van der Waals surface area contributed by atoms with Crippen LogP contribution in [0.15, 0.2) is 59.1 Å². The summed E-state index contributed by atoms with van der Waals surface area (Å²) in [5.41, 5.74) is 6.52. The number of benzene rings is 2. The fourth-order valence-corrected chi connectivity index (χ4v) is 3.21. The molecule has 2 heterocycles. The summed E-state index contributed by atoms with van der Waals surface area (Å²) in [4.78, 5) is 12.0. The Balaban J connectivity index is 1.37. The van der Waals surface area contributed by atoms with Gasteiger partial charge in [0.2, 0.25) is 0 Å². The van der Waals surface area contributed by atoms with Gasteiger partial charge in [0.25, 0.3) is 5.91 Å². The van der Waals surface area contributed by atoms with Gasteiger partial charge in [-0.05, 0) is 31.2 Å². The number of hydrogen-bond acceptors (Lipinski definition) is 6. The molecule has 0 radical (unpaired) electrons. The van der Waals surface area contributed by atoms with Crippen LogP contribution in [0.1, 0.15) is 5.56 Å². The number of aromatic nitrogens is 1. The molecular formula is C22H23N3O4. The highest BCUT2D eigenvalue weighted by molar-refractivity contribution is 5.77. The lowest BCUT2D eigenvalue weighted by Crippen LogP contribution is -2.49. The van der Waals surface area contributed by atoms with Crippen molar-refractivity contribution in [3.63, 3.8) is 0 Å². The standard InChI is InChI=1S/C22H23N3O4/c1-16-21(24-29-22(16)18-5-3-2-4-6-18)17-7-9-19(10-8-17)28-15-20(26)23-25-11-13-27-14-12-25/h2-10H,11-15H2,1H3,(H,23,26). The molecule has 29 heavy (non-hydrogen) atoms. The number of hydrogen-bond donors (Lipinski definition) is 1. The minimum absolute atomic E-state index is 0.0438. The van der Waals surface area contributed by atoms with Crippen LogP contribution in [0.4, 0.5) is 0 Å². The third-order valence-electron chi connectivity index (χ3n) is 4.75. The Morgan fingerprint density at radius 1 is 1.07 bits per heavy atom. The number of hydrazine groups is 1. The van der Waals surface area contributed by atoms with Gasteiger partial charge in [-0.25, -0.2) is 5.01 Å². The van der Waals surface area contributed by atoms with Gasteiger partial charge in [0.05, 0.1) is 13.2 Å². The SMILES string of the molecule is Cc1c(-c2ccc(OCC(=O)NN3CCOCC3)cc2)noc1-c1ccccc1. The van der Waals surface area contributed by atoms with Gasteiger partial charge in [0.15, 0.2) is 12.4 Å². The van der Waals surface area contributed by atoms with Gasteiger partial charge >= 0.3 is 0 Å². The summed E-state index contributed by atoms with van der Waals surface area (Å²) in [6.45, 7) is 4.56. The van der Waals surface area contributed by atoms with Crippen LogP contribution < -0.4 is 10.2 Å². The number of nitrogens with zero attached hydrogens (tertiary/aromatic N) is 2. The van der Waals surface area contributed by atoms with E-state index in [0.717, 1.165) is 28.1 Å². The lowest BCUT2D eigenvalue weighted by molar-refractivity contribution is -0.130. The maximum absolute atomic E-state index is 12.0. The highest BCUT2D eigenvalue weighted by atomic mass is 16.5. The van der Waals surface area contributed by atoms with Crippen molar-refractivity contribution in [1.29, 1.82) is 0 Å². The first kappa shape index (κ1) is 19.2. The fraction of sp³-hybridized carbons (Fsp3) is 0.273. The molecule has 1 aromatic heterocycles. The van der Waals surface area contributed by atoms with Crippen molar-refractivity contribution in [2.45, 2.75) is 6.92 Å². The molecule has 0 aliphatic carbocycles. The Labute approximate surface area is 169 Å². The molecule has 1 amide bonds. The summed E-state index contributed by atoms with van der Waals surface area (Å²) >= 11 is 0. The molecule has 2 aromatic carbocycles. The summed E-state index contributed by atoms with van der Waals surface area (Å²) < 4.78 is 16.4. The van der Waals surface area contributed by atoms with Gasteiger partial charge in [-0.3, -0.25) is 10.2 Å². The largest absolute Gasteiger partial charge is 0.484 e. The first-order chi connectivity index (χ1) is 14.2. The van der Waals surface area contributed by atoms with Crippen LogP contribution in [0.25, 0.3) is 22.6 Å². The van der Waals surface area contributed by atoms with Crippen molar-refractivity contribution in [3.05, 3.63) is 60.2 Å². The minimum Gasteiger partial charge on any atom is -0.484 e. The summed E-state index contributed by atoms with van der Waals surface area (Å²) in [6.07, 6.45) is 0. The van der Waals surface area contributed by atoms with Crippen LogP contribution in [0.2, 0.25) is 0 Å². The van der Waals surface area contributed by atoms with Crippen LogP contribution in [0.5, 0.6) is 5.75 Å². The van der Waals surface area contributed by atoms with Gasteiger partial charge < -0.3 is 14.0 Å². The number of carbonyl (C=O) groups is 1. The second kappa shape index (κ2) is 8.89. The van der Waals surface area contributed by atoms with E-state index in [2.05, 4.69) is 10.6 Å². The predicted octanol–water partition coefficient (Wildman–Crippen LogP) is 3.06. The molecule has 0 spiro atoms. The molecule has 1 fully saturated rings. The predicted molar refractivity (Wildman–Crippen MR) is 108 cm³/mol. The summed E-state index contributed by atoms with van der Waals surface area (Å²) in [6, 6.07) is 17.4. The first-order valence-electron chi connectivity index (χ1n) is 9.58. The lowest BCUT2D eigenvalue weighted by atomic mass is 10.0. The molecule has 3 aromatic rings. The van der Waals surface area contributed by atoms with Crippen LogP contribution >= 0.6 is 0 Å². The topological polar surface area (TPSA) is 76.8 Å². The van der Waals surface area contributed by atoms with Gasteiger partial charge in [-0.2, -0.15) is 0 Å². The number of ether oxygens (including phenoxy) is 2. The molecule has 1 saturated heterocycles. The molecule has 0 bridgehead atoms. The van der Waals surface area contributed by atoms with E-state index in [1.165, 1.54) is 0 Å². The number of carbonyl (C=O) groups excluding carboxylic acids is 1. The average Bonchev–Trinajstić information content (AvgIpc) is 3.15. The van der Waals surface area contributed by atoms with E-state index in [-0.39, 0.29) is 12.5 Å². The molecule has 0 saturated carbocycles. The first-order valence-corrected chi connectivity index (χ1v) is 9.58. The molecule has 0 atom stereocenters. The third-order valence-corrected chi connectivity index (χ3v) is 4.75. The van der Waals surface area contributed by atoms with Crippen molar-refractivity contribution in [2.75, 3.05) is 32.9 Å². The van der Waals surface area contributed by atoms with Gasteiger partial charge in [0, 0.05) is 29.8 Å². The molecule has 1 N–H and O–H groups in total. The second-order valence-electron chi connectivity index (χ2n) is 6.80. The van der Waals surface area contributed by atoms with Gasteiger partial charge in [-0.15, -0.1) is 0 Å². The number of nitrogens with one attached hydrogen (secondary N) is 1. The average molecular weight is 393 g/mol. The van der Waals surface area contributed by atoms with E-state index in [1.807, 2.05) is 66.5 Å². The summed E-state index contributed by atoms with van der Waals surface area (Å²) in [5, 5.41) is 6.08. The van der Waals surface area contributed by atoms with Crippen LogP contribution in [-0.4, -0.2) is 49.0 Å². The highest BCUT2D eigenvalue weighted by Gasteiger charge is 2.16. The molecule has 4 rings (SSSR count). The second-order valence-corrected chi connectivity index (χ2v) is 6.80. The van der Waals surface area contributed by atoms with Crippen molar-refractivity contribution in [3.8, 4) is 28.3 Å². The molecular weight excluding hydrogens is 370 g/mol. The van der Waals surface area contributed by atoms with Crippen molar-refractivity contribution in [1.82, 2.24) is 15.6 Å². The molecule has 1 aliphatic heterocycles. The van der Waals surface area contributed by atoms with E-state index in [4.69, 9.17) is 14.0 Å². The van der Waals surface area contributed by atoms with E-state index in [1.54, 1.807) is 0 Å². The van der Waals surface area contributed by atoms with Crippen LogP contribution in [-0.2, 0) is 9.53 Å². The normalized spacial score (nSPS) is 14.5. The van der Waals surface area contributed by atoms with E-state index in [9.17, 15) is 4.79 Å². The Morgan fingerprint density at radius 3 is 2.52 bits per heavy atom. The summed E-state index contributed by atoms with van der Waals surface area (Å²) in [5.74, 6) is 1.20. The minimum atomic E-state index is -0.184. The zero-order valence-electron chi connectivity index (χ0n) is 16.3. The fourth-order valence-electron chi connectivity index (χ4n) is 3.21. The van der Waals surface area contributed by atoms with E-state index in [0.29, 0.717) is 32.1 Å². The quantitative estimate of drug-likeness (QED) is 0.694. The Hall–Kier alpha value is -3.16. The monoisotopic (exact) mass is 393 g/mol. The van der Waals surface area contributed by atoms with Crippen molar-refractivity contribution >= 4 is 5.91 Å². The molecule has 0 unspecified atom stereocenters. The maximum atomic E-state index is 12.0. The number of amides is 1. The maximum Gasteiger partial charge on any atom is 0.272 e. The van der Waals surface area contributed by atoms with Crippen LogP contribution in [0.3, 0.4) is 0 Å². The Kier molecular flexibility index (Phi) is 5.88. The van der Waals surface area contributed by atoms with Gasteiger partial charge in [0.1, 0.15) is 11.4 Å². The Morgan fingerprint density at radius 2 is 1.79 bits per heavy atom. The Bertz CT molecular complexity index is 948. The summed E-state index contributed by atoms with van der Waals surface area (Å²) in [7, 11) is 0. The smallest absolute Gasteiger partial charge is 0.272 e. The molecule has 1 aliphatic rings. The van der Waals surface area contributed by atoms with Crippen LogP contribution in [0, 0.1) is 6.92 Å².